The number of nitrogens with zero attached hydrogens (tertiary/aromatic N) is 1. The fourth-order valence-electron chi connectivity index (χ4n) is 1.27. The summed E-state index contributed by atoms with van der Waals surface area (Å²) >= 11 is 0. The first-order valence-corrected chi connectivity index (χ1v) is 4.06. The Morgan fingerprint density at radius 2 is 2.30 bits per heavy atom. The monoisotopic (exact) mass is 137 g/mol. The van der Waals surface area contributed by atoms with Crippen molar-refractivity contribution >= 4 is 5.71 Å². The van der Waals surface area contributed by atoms with Gasteiger partial charge in [-0.05, 0) is 19.3 Å². The molecule has 0 amide bonds. The zero-order valence-electron chi connectivity index (χ0n) is 6.47. The van der Waals surface area contributed by atoms with Crippen LogP contribution in [0.25, 0.3) is 0 Å². The van der Waals surface area contributed by atoms with E-state index in [-0.39, 0.29) is 0 Å². The van der Waals surface area contributed by atoms with Crippen molar-refractivity contribution < 1.29 is 0 Å². The maximum atomic E-state index is 4.46. The molecule has 0 fully saturated rings. The summed E-state index contributed by atoms with van der Waals surface area (Å²) in [5, 5.41) is 0. The molecule has 1 rings (SSSR count). The maximum Gasteiger partial charge on any atom is 0.0388 e. The number of hydrogen-bond donors (Lipinski definition) is 0. The van der Waals surface area contributed by atoms with Crippen molar-refractivity contribution in [2.24, 2.45) is 4.99 Å². The predicted molar refractivity (Wildman–Crippen MR) is 45.6 cm³/mol. The van der Waals surface area contributed by atoms with E-state index in [2.05, 4.69) is 11.6 Å². The average molecular weight is 137 g/mol. The molecule has 1 aliphatic rings. The van der Waals surface area contributed by atoms with E-state index < -0.39 is 0 Å². The van der Waals surface area contributed by atoms with Gasteiger partial charge in [0.2, 0.25) is 0 Å². The van der Waals surface area contributed by atoms with Gasteiger partial charge in [0.05, 0.1) is 0 Å². The largest absolute Gasteiger partial charge is 0.294 e. The lowest BCUT2D eigenvalue weighted by atomic mass is 10.1. The Balaban J connectivity index is 2.38. The van der Waals surface area contributed by atoms with Crippen molar-refractivity contribution in [2.75, 3.05) is 6.54 Å². The van der Waals surface area contributed by atoms with Crippen LogP contribution in [0.4, 0.5) is 0 Å². The molecule has 0 N–H and O–H groups in total. The highest BCUT2D eigenvalue weighted by atomic mass is 14.7. The van der Waals surface area contributed by atoms with Crippen LogP contribution < -0.4 is 0 Å². The standard InChI is InChI=1S/C9H15N/c1-2-6-9-7-4-3-5-8-10-9/h2H,1,3-8H2. The highest BCUT2D eigenvalue weighted by Gasteiger charge is 2.00. The maximum absolute atomic E-state index is 4.46. The van der Waals surface area contributed by atoms with Gasteiger partial charge in [-0.1, -0.05) is 12.5 Å². The molecule has 1 aliphatic heterocycles. The van der Waals surface area contributed by atoms with Gasteiger partial charge in [0.25, 0.3) is 0 Å². The van der Waals surface area contributed by atoms with Crippen LogP contribution in [-0.2, 0) is 0 Å². The summed E-state index contributed by atoms with van der Waals surface area (Å²) < 4.78 is 0. The Hall–Kier alpha value is -0.590. The number of allylic oxidation sites excluding steroid dienone is 1. The number of hydrogen-bond acceptors (Lipinski definition) is 1. The van der Waals surface area contributed by atoms with Crippen molar-refractivity contribution in [3.63, 3.8) is 0 Å². The van der Waals surface area contributed by atoms with Gasteiger partial charge in [0.15, 0.2) is 0 Å². The highest BCUT2D eigenvalue weighted by Crippen LogP contribution is 2.09. The first-order chi connectivity index (χ1) is 4.93. The molecule has 0 aromatic carbocycles. The van der Waals surface area contributed by atoms with Crippen molar-refractivity contribution in [3.05, 3.63) is 12.7 Å². The van der Waals surface area contributed by atoms with E-state index in [9.17, 15) is 0 Å². The Labute approximate surface area is 62.9 Å². The molecule has 0 bridgehead atoms. The smallest absolute Gasteiger partial charge is 0.0388 e. The second kappa shape index (κ2) is 4.26. The second-order valence-electron chi connectivity index (χ2n) is 2.75. The molecule has 0 atom stereocenters. The molecular formula is C9H15N. The van der Waals surface area contributed by atoms with Crippen molar-refractivity contribution in [2.45, 2.75) is 32.1 Å². The van der Waals surface area contributed by atoms with Gasteiger partial charge in [-0.15, -0.1) is 6.58 Å². The molecule has 0 saturated carbocycles. The Bertz CT molecular complexity index is 136. The molecule has 10 heavy (non-hydrogen) atoms. The number of rotatable bonds is 2. The molecule has 0 saturated heterocycles. The number of aliphatic imine (C=N–C) groups is 1. The van der Waals surface area contributed by atoms with Crippen LogP contribution in [-0.4, -0.2) is 12.3 Å². The van der Waals surface area contributed by atoms with Gasteiger partial charge < -0.3 is 0 Å². The molecule has 0 aliphatic carbocycles. The van der Waals surface area contributed by atoms with Crippen LogP contribution in [0.2, 0.25) is 0 Å². The summed E-state index contributed by atoms with van der Waals surface area (Å²) in [7, 11) is 0. The molecule has 1 nitrogen and oxygen atoms in total. The fraction of sp³-hybridized carbons (Fsp3) is 0.667. The SMILES string of the molecule is C=CCC1=NCCCCC1. The normalized spacial score (nSPS) is 19.4. The van der Waals surface area contributed by atoms with E-state index in [1.165, 1.54) is 31.4 Å². The van der Waals surface area contributed by atoms with Gasteiger partial charge in [-0.2, -0.15) is 0 Å². The zero-order chi connectivity index (χ0) is 7.23. The lowest BCUT2D eigenvalue weighted by Crippen LogP contribution is -1.94. The summed E-state index contributed by atoms with van der Waals surface area (Å²) in [5.41, 5.74) is 1.35. The quantitative estimate of drug-likeness (QED) is 0.519. The highest BCUT2D eigenvalue weighted by molar-refractivity contribution is 5.85. The van der Waals surface area contributed by atoms with Crippen molar-refractivity contribution in [1.29, 1.82) is 0 Å². The van der Waals surface area contributed by atoms with E-state index in [0.29, 0.717) is 0 Å². The molecule has 56 valence electrons. The zero-order valence-corrected chi connectivity index (χ0v) is 6.47. The van der Waals surface area contributed by atoms with Crippen LogP contribution in [0.1, 0.15) is 32.1 Å². The van der Waals surface area contributed by atoms with E-state index >= 15 is 0 Å². The molecule has 1 heteroatoms. The van der Waals surface area contributed by atoms with Crippen molar-refractivity contribution in [3.8, 4) is 0 Å². The van der Waals surface area contributed by atoms with E-state index in [1.807, 2.05) is 6.08 Å². The third-order valence-electron chi connectivity index (χ3n) is 1.84. The lowest BCUT2D eigenvalue weighted by molar-refractivity contribution is 0.730. The molecule has 0 spiro atoms. The summed E-state index contributed by atoms with van der Waals surface area (Å²) in [6.07, 6.45) is 8.10. The minimum atomic E-state index is 1.00. The van der Waals surface area contributed by atoms with Crippen LogP contribution in [0.15, 0.2) is 17.6 Å². The van der Waals surface area contributed by atoms with Gasteiger partial charge >= 0.3 is 0 Å². The van der Waals surface area contributed by atoms with Crippen LogP contribution >= 0.6 is 0 Å². The minimum Gasteiger partial charge on any atom is -0.294 e. The van der Waals surface area contributed by atoms with Crippen molar-refractivity contribution in [1.82, 2.24) is 0 Å². The molecule has 0 aromatic rings. The molecule has 1 heterocycles. The van der Waals surface area contributed by atoms with Gasteiger partial charge in [-0.25, -0.2) is 0 Å². The first kappa shape index (κ1) is 7.52. The molecule has 0 radical (unpaired) electrons. The van der Waals surface area contributed by atoms with E-state index in [4.69, 9.17) is 0 Å². The predicted octanol–water partition coefficient (Wildman–Crippen LogP) is 2.58. The second-order valence-corrected chi connectivity index (χ2v) is 2.75. The van der Waals surface area contributed by atoms with Gasteiger partial charge in [0, 0.05) is 18.7 Å². The molecule has 0 unspecified atom stereocenters. The molecular weight excluding hydrogens is 122 g/mol. The average Bonchev–Trinajstić information content (AvgIpc) is 2.17. The topological polar surface area (TPSA) is 12.4 Å². The van der Waals surface area contributed by atoms with Gasteiger partial charge in [-0.3, -0.25) is 4.99 Å². The minimum absolute atomic E-state index is 1.00. The van der Waals surface area contributed by atoms with Crippen LogP contribution in [0.5, 0.6) is 0 Å². The third kappa shape index (κ3) is 2.34. The summed E-state index contributed by atoms with van der Waals surface area (Å²) in [5.74, 6) is 0. The Morgan fingerprint density at radius 1 is 1.40 bits per heavy atom. The van der Waals surface area contributed by atoms with Gasteiger partial charge in [0.1, 0.15) is 0 Å². The third-order valence-corrected chi connectivity index (χ3v) is 1.84. The van der Waals surface area contributed by atoms with E-state index in [0.717, 1.165) is 13.0 Å². The first-order valence-electron chi connectivity index (χ1n) is 4.06. The summed E-state index contributed by atoms with van der Waals surface area (Å²) in [6, 6.07) is 0. The Morgan fingerprint density at radius 3 is 3.10 bits per heavy atom. The lowest BCUT2D eigenvalue weighted by Gasteiger charge is -1.96. The van der Waals surface area contributed by atoms with E-state index in [1.54, 1.807) is 0 Å². The molecule has 0 aromatic heterocycles. The van der Waals surface area contributed by atoms with Crippen LogP contribution in [0.3, 0.4) is 0 Å². The summed E-state index contributed by atoms with van der Waals surface area (Å²) in [6.45, 7) is 4.75. The Kier molecular flexibility index (Phi) is 3.20. The summed E-state index contributed by atoms with van der Waals surface area (Å²) in [4.78, 5) is 4.46. The fourth-order valence-corrected chi connectivity index (χ4v) is 1.27. The van der Waals surface area contributed by atoms with Crippen LogP contribution in [0, 0.1) is 0 Å².